The summed E-state index contributed by atoms with van der Waals surface area (Å²) in [5.41, 5.74) is 0. The van der Waals surface area contributed by atoms with Gasteiger partial charge in [-0.05, 0) is 57.8 Å². The van der Waals surface area contributed by atoms with Crippen molar-refractivity contribution in [1.82, 2.24) is 5.32 Å². The van der Waals surface area contributed by atoms with Crippen LogP contribution in [0.3, 0.4) is 0 Å². The van der Waals surface area contributed by atoms with E-state index < -0.39 is 12.1 Å². The first-order valence-corrected chi connectivity index (χ1v) is 19.7. The smallest absolute Gasteiger partial charge is 0.220 e. The zero-order valence-corrected chi connectivity index (χ0v) is 30.8. The average Bonchev–Trinajstić information content (AvgIpc) is 3.07. The molecule has 0 rings (SSSR count). The minimum atomic E-state index is -0.893. The maximum Gasteiger partial charge on any atom is 0.220 e. The molecule has 0 aromatic heterocycles. The lowest BCUT2D eigenvalue weighted by Gasteiger charge is -2.19. The lowest BCUT2D eigenvalue weighted by Crippen LogP contribution is -2.45. The fourth-order valence-electron chi connectivity index (χ4n) is 5.44. The molecule has 0 saturated heterocycles. The van der Waals surface area contributed by atoms with Crippen LogP contribution in [-0.4, -0.2) is 34.9 Å². The van der Waals surface area contributed by atoms with Gasteiger partial charge in [-0.3, -0.25) is 4.79 Å². The van der Waals surface area contributed by atoms with Crippen molar-refractivity contribution in [3.05, 3.63) is 72.9 Å². The number of aliphatic hydroxyl groups excluding tert-OH is 2. The van der Waals surface area contributed by atoms with E-state index in [0.29, 0.717) is 12.8 Å². The highest BCUT2D eigenvalue weighted by atomic mass is 16.3. The van der Waals surface area contributed by atoms with Gasteiger partial charge in [0.25, 0.3) is 0 Å². The van der Waals surface area contributed by atoms with Crippen molar-refractivity contribution < 1.29 is 15.0 Å². The predicted molar refractivity (Wildman–Crippen MR) is 207 cm³/mol. The number of carbonyl (C=O) groups excluding carboxylic acids is 1. The monoisotopic (exact) mass is 654 g/mol. The highest BCUT2D eigenvalue weighted by Crippen LogP contribution is 2.14. The second-order valence-corrected chi connectivity index (χ2v) is 13.0. The van der Waals surface area contributed by atoms with E-state index in [2.05, 4.69) is 73.8 Å². The van der Waals surface area contributed by atoms with Gasteiger partial charge in [-0.25, -0.2) is 0 Å². The SMILES string of the molecule is CC/C=C\C/C=C\C/C=C\C/C=C\CCC(=O)NC(CO)C(O)/C=C/CC/C=C/CCCCCCCCCCCCCCCCCC. The Labute approximate surface area is 291 Å². The summed E-state index contributed by atoms with van der Waals surface area (Å²) >= 11 is 0. The zero-order chi connectivity index (χ0) is 34.3. The molecule has 0 saturated carbocycles. The van der Waals surface area contributed by atoms with E-state index in [1.807, 2.05) is 12.2 Å². The Balaban J connectivity index is 3.72. The van der Waals surface area contributed by atoms with Crippen LogP contribution < -0.4 is 5.32 Å². The van der Waals surface area contributed by atoms with Crippen LogP contribution in [0.25, 0.3) is 0 Å². The molecule has 0 aliphatic heterocycles. The number of carbonyl (C=O) groups is 1. The van der Waals surface area contributed by atoms with Crippen LogP contribution >= 0.6 is 0 Å². The van der Waals surface area contributed by atoms with Crippen LogP contribution in [0.4, 0.5) is 0 Å². The van der Waals surface area contributed by atoms with Crippen molar-refractivity contribution in [1.29, 1.82) is 0 Å². The first-order chi connectivity index (χ1) is 23.2. The number of allylic oxidation sites excluding steroid dienone is 11. The first kappa shape index (κ1) is 44.8. The van der Waals surface area contributed by atoms with Gasteiger partial charge >= 0.3 is 0 Å². The third-order valence-electron chi connectivity index (χ3n) is 8.44. The maximum atomic E-state index is 12.3. The topological polar surface area (TPSA) is 69.6 Å². The number of unbranched alkanes of at least 4 members (excludes halogenated alkanes) is 17. The summed E-state index contributed by atoms with van der Waals surface area (Å²) in [6.07, 6.45) is 54.5. The lowest BCUT2D eigenvalue weighted by atomic mass is 10.0. The number of hydrogen-bond acceptors (Lipinski definition) is 3. The molecule has 0 bridgehead atoms. The number of hydrogen-bond donors (Lipinski definition) is 3. The molecule has 0 heterocycles. The van der Waals surface area contributed by atoms with Gasteiger partial charge in [0.2, 0.25) is 5.91 Å². The number of amides is 1. The molecular formula is C43H75NO3. The van der Waals surface area contributed by atoms with E-state index >= 15 is 0 Å². The Kier molecular flexibility index (Phi) is 36.5. The molecule has 0 radical (unpaired) electrons. The van der Waals surface area contributed by atoms with E-state index in [-0.39, 0.29) is 12.5 Å². The maximum absolute atomic E-state index is 12.3. The Morgan fingerprint density at radius 3 is 1.47 bits per heavy atom. The first-order valence-electron chi connectivity index (χ1n) is 19.7. The molecule has 0 spiro atoms. The molecule has 0 fully saturated rings. The van der Waals surface area contributed by atoms with Gasteiger partial charge in [0.05, 0.1) is 18.8 Å². The van der Waals surface area contributed by atoms with Crippen LogP contribution in [0.15, 0.2) is 72.9 Å². The molecule has 2 atom stereocenters. The van der Waals surface area contributed by atoms with Crippen molar-refractivity contribution >= 4 is 5.91 Å². The predicted octanol–water partition coefficient (Wildman–Crippen LogP) is 12.0. The van der Waals surface area contributed by atoms with Crippen molar-refractivity contribution in [3.63, 3.8) is 0 Å². The van der Waals surface area contributed by atoms with Gasteiger partial charge in [0, 0.05) is 6.42 Å². The van der Waals surface area contributed by atoms with Crippen LogP contribution in [0.2, 0.25) is 0 Å². The zero-order valence-electron chi connectivity index (χ0n) is 30.8. The van der Waals surface area contributed by atoms with E-state index in [0.717, 1.165) is 44.9 Å². The molecule has 47 heavy (non-hydrogen) atoms. The fourth-order valence-corrected chi connectivity index (χ4v) is 5.44. The van der Waals surface area contributed by atoms with Gasteiger partial charge in [0.1, 0.15) is 0 Å². The van der Waals surface area contributed by atoms with Crippen LogP contribution in [0.5, 0.6) is 0 Å². The molecule has 270 valence electrons. The standard InChI is InChI=1S/C43H75NO3/c1-3-5-7-9-11-13-15-17-18-19-20-21-22-23-24-25-27-28-30-32-34-36-38-42(46)41(40-45)44-43(47)39-37-35-33-31-29-26-16-14-12-10-8-6-4-2/h6,8,12,14,26,28-30,33,35-36,38,41-42,45-46H,3-5,7,9-11,13,15-25,27,31-32,34,37,39-40H2,1-2H3,(H,44,47)/b8-6-,14-12-,29-26-,30-28+,35-33-,38-36+. The van der Waals surface area contributed by atoms with Crippen LogP contribution in [0, 0.1) is 0 Å². The third kappa shape index (κ3) is 35.0. The summed E-state index contributed by atoms with van der Waals surface area (Å²) in [5.74, 6) is -0.157. The fraction of sp³-hybridized carbons (Fsp3) is 0.698. The van der Waals surface area contributed by atoms with Crippen molar-refractivity contribution in [2.24, 2.45) is 0 Å². The number of nitrogens with one attached hydrogen (secondary N) is 1. The van der Waals surface area contributed by atoms with Gasteiger partial charge in [0.15, 0.2) is 0 Å². The normalized spacial score (nSPS) is 13.9. The molecule has 0 aliphatic rings. The molecule has 0 aromatic carbocycles. The summed E-state index contributed by atoms with van der Waals surface area (Å²) < 4.78 is 0. The summed E-state index contributed by atoms with van der Waals surface area (Å²) in [4.78, 5) is 12.3. The highest BCUT2D eigenvalue weighted by molar-refractivity contribution is 5.76. The lowest BCUT2D eigenvalue weighted by molar-refractivity contribution is -0.122. The van der Waals surface area contributed by atoms with E-state index in [1.54, 1.807) is 6.08 Å². The second kappa shape index (κ2) is 38.3. The van der Waals surface area contributed by atoms with Crippen LogP contribution in [0.1, 0.15) is 174 Å². The number of rotatable bonds is 34. The van der Waals surface area contributed by atoms with Gasteiger partial charge in [-0.15, -0.1) is 0 Å². The quantitative estimate of drug-likeness (QED) is 0.0478. The van der Waals surface area contributed by atoms with Crippen molar-refractivity contribution in [3.8, 4) is 0 Å². The summed E-state index contributed by atoms with van der Waals surface area (Å²) in [6.45, 7) is 4.13. The minimum absolute atomic E-state index is 0.157. The molecule has 0 aromatic rings. The Morgan fingerprint density at radius 2 is 0.957 bits per heavy atom. The van der Waals surface area contributed by atoms with E-state index in [9.17, 15) is 15.0 Å². The van der Waals surface area contributed by atoms with E-state index in [1.165, 1.54) is 103 Å². The summed E-state index contributed by atoms with van der Waals surface area (Å²) in [5, 5.41) is 22.8. The van der Waals surface area contributed by atoms with Crippen molar-refractivity contribution in [2.45, 2.75) is 187 Å². The van der Waals surface area contributed by atoms with Crippen LogP contribution in [-0.2, 0) is 4.79 Å². The largest absolute Gasteiger partial charge is 0.394 e. The second-order valence-electron chi connectivity index (χ2n) is 13.0. The molecule has 0 aliphatic carbocycles. The third-order valence-corrected chi connectivity index (χ3v) is 8.44. The molecule has 3 N–H and O–H groups in total. The van der Waals surface area contributed by atoms with Gasteiger partial charge < -0.3 is 15.5 Å². The average molecular weight is 654 g/mol. The molecule has 4 nitrogen and oxygen atoms in total. The molecule has 4 heteroatoms. The van der Waals surface area contributed by atoms with E-state index in [4.69, 9.17) is 0 Å². The van der Waals surface area contributed by atoms with Crippen molar-refractivity contribution in [2.75, 3.05) is 6.61 Å². The molecule has 2 unspecified atom stereocenters. The van der Waals surface area contributed by atoms with Gasteiger partial charge in [-0.1, -0.05) is 183 Å². The number of aliphatic hydroxyl groups is 2. The highest BCUT2D eigenvalue weighted by Gasteiger charge is 2.17. The summed E-state index contributed by atoms with van der Waals surface area (Å²) in [6, 6.07) is -0.679. The van der Waals surface area contributed by atoms with Gasteiger partial charge in [-0.2, -0.15) is 0 Å². The minimum Gasteiger partial charge on any atom is -0.394 e. The molecule has 1 amide bonds. The Bertz CT molecular complexity index is 838. The molecular weight excluding hydrogens is 578 g/mol. The Morgan fingerprint density at radius 1 is 0.532 bits per heavy atom. The summed E-state index contributed by atoms with van der Waals surface area (Å²) in [7, 11) is 0. The Hall–Kier alpha value is -2.17.